The summed E-state index contributed by atoms with van der Waals surface area (Å²) >= 11 is 0. The van der Waals surface area contributed by atoms with Gasteiger partial charge in [0.2, 0.25) is 0 Å². The van der Waals surface area contributed by atoms with Crippen LogP contribution in [0.2, 0.25) is 0 Å². The number of ether oxygens (including phenoxy) is 6. The van der Waals surface area contributed by atoms with Crippen molar-refractivity contribution in [2.24, 2.45) is 27.1 Å². The van der Waals surface area contributed by atoms with Crippen molar-refractivity contribution in [1.82, 2.24) is 4.98 Å². The average Bonchev–Trinajstić information content (AvgIpc) is 3.23. The number of nitrogens with zero attached hydrogens (tertiary/aromatic N) is 1. The van der Waals surface area contributed by atoms with E-state index in [1.54, 1.807) is 40.8 Å². The van der Waals surface area contributed by atoms with Gasteiger partial charge in [-0.25, -0.2) is 4.98 Å². The molecule has 14 nitrogen and oxygen atoms in total. The van der Waals surface area contributed by atoms with Gasteiger partial charge in [0.1, 0.15) is 38.1 Å². The highest BCUT2D eigenvalue weighted by molar-refractivity contribution is 8.77. The van der Waals surface area contributed by atoms with Crippen LogP contribution in [0.1, 0.15) is 101 Å². The normalized spacial score (nSPS) is 14.6. The standard InChI is InChI=1S/C43H69NO13S6/c1-11-39(3,4)34(47)54-20-25-60-61-27-22-56-37(50)42(8,29-40(5,6)35(48)53-19-18-52-10)31-43(9,38(51)57-23-28-62-63-32-15-13-14-17-44-32)30-41(7,12-2)36(49)55-21-26-59-58-24-16-33(45)46/h13-15,17H,11-12,16,18-31H2,1-10H3,(H,45,46). The lowest BCUT2D eigenvalue weighted by Gasteiger charge is -2.42. The van der Waals surface area contributed by atoms with Crippen LogP contribution in [-0.2, 0) is 57.2 Å². The van der Waals surface area contributed by atoms with E-state index in [4.69, 9.17) is 33.5 Å². The average molecular weight is 1000 g/mol. The molecule has 0 saturated carbocycles. The van der Waals surface area contributed by atoms with Crippen molar-refractivity contribution >= 4 is 101 Å². The number of carbonyl (C=O) groups excluding carboxylic acids is 5. The molecule has 0 spiro atoms. The molecule has 0 saturated heterocycles. The van der Waals surface area contributed by atoms with Crippen molar-refractivity contribution in [3.63, 3.8) is 0 Å². The van der Waals surface area contributed by atoms with E-state index in [0.717, 1.165) is 5.03 Å². The summed E-state index contributed by atoms with van der Waals surface area (Å²) in [5, 5.41) is 9.70. The highest BCUT2D eigenvalue weighted by Gasteiger charge is 2.53. The summed E-state index contributed by atoms with van der Waals surface area (Å²) in [4.78, 5) is 83.6. The highest BCUT2D eigenvalue weighted by atomic mass is 33.1. The number of carbonyl (C=O) groups is 6. The number of aliphatic carboxylic acids is 1. The summed E-state index contributed by atoms with van der Waals surface area (Å²) in [6.45, 7) is 16.5. The molecule has 3 atom stereocenters. The minimum atomic E-state index is -1.46. The van der Waals surface area contributed by atoms with E-state index >= 15 is 0 Å². The van der Waals surface area contributed by atoms with Crippen molar-refractivity contribution in [3.8, 4) is 0 Å². The Hall–Kier alpha value is -1.97. The second-order valence-electron chi connectivity index (χ2n) is 16.9. The molecule has 0 aliphatic heterocycles. The fourth-order valence-electron chi connectivity index (χ4n) is 6.34. The molecule has 1 N–H and O–H groups in total. The third-order valence-electron chi connectivity index (χ3n) is 10.1. The van der Waals surface area contributed by atoms with Crippen molar-refractivity contribution in [2.45, 2.75) is 106 Å². The zero-order chi connectivity index (χ0) is 47.6. The van der Waals surface area contributed by atoms with Gasteiger partial charge in [-0.3, -0.25) is 28.8 Å². The molecule has 0 amide bonds. The minimum absolute atomic E-state index is 0.0154. The van der Waals surface area contributed by atoms with E-state index in [1.807, 2.05) is 45.9 Å². The second-order valence-corrected chi connectivity index (χ2v) is 24.7. The number of hydrogen-bond donors (Lipinski definition) is 1. The van der Waals surface area contributed by atoms with Crippen molar-refractivity contribution in [2.75, 3.05) is 75.5 Å². The monoisotopic (exact) mass is 999 g/mol. The van der Waals surface area contributed by atoms with Gasteiger partial charge in [0.15, 0.2) is 0 Å². The Kier molecular flexibility index (Phi) is 28.4. The van der Waals surface area contributed by atoms with E-state index < -0.39 is 56.9 Å². The van der Waals surface area contributed by atoms with Gasteiger partial charge in [-0.2, -0.15) is 0 Å². The summed E-state index contributed by atoms with van der Waals surface area (Å²) in [5.74, 6) is -1.19. The maximum Gasteiger partial charge on any atom is 0.311 e. The van der Waals surface area contributed by atoms with Crippen molar-refractivity contribution in [3.05, 3.63) is 24.4 Å². The molecule has 360 valence electrons. The van der Waals surface area contributed by atoms with Crippen LogP contribution in [0.3, 0.4) is 0 Å². The quantitative estimate of drug-likeness (QED) is 0.0292. The summed E-state index contributed by atoms with van der Waals surface area (Å²) in [6.07, 6.45) is 2.45. The maximum absolute atomic E-state index is 14.5. The van der Waals surface area contributed by atoms with Crippen LogP contribution in [0.5, 0.6) is 0 Å². The first kappa shape index (κ1) is 59.0. The van der Waals surface area contributed by atoms with Gasteiger partial charge in [0.05, 0.1) is 40.1 Å². The molecule has 3 unspecified atom stereocenters. The lowest BCUT2D eigenvalue weighted by atomic mass is 9.61. The lowest BCUT2D eigenvalue weighted by Crippen LogP contribution is -2.47. The van der Waals surface area contributed by atoms with Gasteiger partial charge in [-0.1, -0.05) is 73.9 Å². The first-order valence-electron chi connectivity index (χ1n) is 20.9. The number of methoxy groups -OCH3 is 1. The molecular weight excluding hydrogens is 931 g/mol. The largest absolute Gasteiger partial charge is 0.481 e. The molecule has 1 heterocycles. The smallest absolute Gasteiger partial charge is 0.311 e. The number of aromatic nitrogens is 1. The fourth-order valence-corrected chi connectivity index (χ4v) is 11.5. The molecule has 0 aliphatic carbocycles. The Bertz CT molecular complexity index is 1570. The van der Waals surface area contributed by atoms with Crippen LogP contribution < -0.4 is 0 Å². The predicted octanol–water partition coefficient (Wildman–Crippen LogP) is 9.48. The van der Waals surface area contributed by atoms with Crippen LogP contribution in [0.25, 0.3) is 0 Å². The first-order chi connectivity index (χ1) is 29.6. The molecule has 0 fully saturated rings. The Balaban J connectivity index is 3.35. The van der Waals surface area contributed by atoms with Crippen LogP contribution in [0.4, 0.5) is 0 Å². The Morgan fingerprint density at radius 2 is 0.984 bits per heavy atom. The summed E-state index contributed by atoms with van der Waals surface area (Å²) in [7, 11) is 10.1. The van der Waals surface area contributed by atoms with Crippen LogP contribution >= 0.6 is 64.8 Å². The molecule has 0 bridgehead atoms. The number of pyridine rings is 1. The Morgan fingerprint density at radius 1 is 0.540 bits per heavy atom. The number of esters is 5. The van der Waals surface area contributed by atoms with Gasteiger partial charge in [-0.15, -0.1) is 0 Å². The maximum atomic E-state index is 14.5. The third-order valence-corrected chi connectivity index (χ3v) is 17.0. The van der Waals surface area contributed by atoms with Gasteiger partial charge in [0, 0.05) is 42.1 Å². The van der Waals surface area contributed by atoms with Crippen LogP contribution in [0, 0.1) is 27.1 Å². The van der Waals surface area contributed by atoms with Crippen LogP contribution in [0.15, 0.2) is 29.4 Å². The highest BCUT2D eigenvalue weighted by Crippen LogP contribution is 2.50. The van der Waals surface area contributed by atoms with E-state index in [-0.39, 0.29) is 71.3 Å². The SMILES string of the molecule is CCC(C)(C)C(=O)OCCSSCCOC(=O)C(C)(CC(C)(C)C(=O)OCCOC)CC(C)(CC(C)(CC)C(=O)OCCSSCCC(=O)O)C(=O)OCCSSc1ccccn1. The van der Waals surface area contributed by atoms with Gasteiger partial charge in [0.25, 0.3) is 0 Å². The molecule has 0 radical (unpaired) electrons. The zero-order valence-corrected chi connectivity index (χ0v) is 43.5. The third kappa shape index (κ3) is 22.9. The predicted molar refractivity (Wildman–Crippen MR) is 258 cm³/mol. The summed E-state index contributed by atoms with van der Waals surface area (Å²) in [5.41, 5.74) is -5.87. The number of hydrogen-bond acceptors (Lipinski definition) is 19. The number of rotatable bonds is 35. The molecule has 0 aromatic carbocycles. The molecule has 20 heteroatoms. The molecular formula is C43H69NO13S6. The molecule has 0 aliphatic rings. The minimum Gasteiger partial charge on any atom is -0.481 e. The van der Waals surface area contributed by atoms with Gasteiger partial charge in [-0.05, 0) is 103 Å². The molecule has 1 rings (SSSR count). The second kappa shape index (κ2) is 30.3. The Morgan fingerprint density at radius 3 is 1.46 bits per heavy atom. The molecule has 1 aromatic rings. The molecule has 63 heavy (non-hydrogen) atoms. The van der Waals surface area contributed by atoms with Crippen LogP contribution in [-0.4, -0.2) is 121 Å². The zero-order valence-electron chi connectivity index (χ0n) is 38.6. The van der Waals surface area contributed by atoms with E-state index in [0.29, 0.717) is 41.6 Å². The van der Waals surface area contributed by atoms with Gasteiger partial charge < -0.3 is 33.5 Å². The fraction of sp³-hybridized carbons (Fsp3) is 0.744. The summed E-state index contributed by atoms with van der Waals surface area (Å²) < 4.78 is 33.5. The summed E-state index contributed by atoms with van der Waals surface area (Å²) in [6, 6.07) is 5.59. The number of carboxylic acids is 1. The van der Waals surface area contributed by atoms with E-state index in [1.165, 1.54) is 71.9 Å². The lowest BCUT2D eigenvalue weighted by molar-refractivity contribution is -0.171. The number of carboxylic acid groups (broad SMARTS) is 1. The van der Waals surface area contributed by atoms with Crippen molar-refractivity contribution < 1.29 is 62.3 Å². The van der Waals surface area contributed by atoms with E-state index in [9.17, 15) is 28.8 Å². The van der Waals surface area contributed by atoms with Gasteiger partial charge >= 0.3 is 35.8 Å². The topological polar surface area (TPSA) is 191 Å². The molecule has 1 aromatic heterocycles. The first-order valence-corrected chi connectivity index (χ1v) is 28.2. The van der Waals surface area contributed by atoms with E-state index in [2.05, 4.69) is 4.98 Å². The Labute approximate surface area is 398 Å². The van der Waals surface area contributed by atoms with Crippen molar-refractivity contribution in [1.29, 1.82) is 0 Å².